The first-order chi connectivity index (χ1) is 27.9. The molecule has 5 aromatic rings. The van der Waals surface area contributed by atoms with E-state index in [2.05, 4.69) is 76.4 Å². The lowest BCUT2D eigenvalue weighted by Crippen LogP contribution is -2.60. The number of H-pyrrole nitrogens is 5. The number of imidazole rings is 5. The number of aromatic nitrogens is 10. The maximum Gasteiger partial charge on any atom is 0.326 e. The Bertz CT molecular complexity index is 2050. The third-order valence-corrected chi connectivity index (χ3v) is 9.01. The van der Waals surface area contributed by atoms with E-state index in [1.54, 1.807) is 13.8 Å². The summed E-state index contributed by atoms with van der Waals surface area (Å²) in [6.07, 6.45) is 14.1. The largest absolute Gasteiger partial charge is 0.480 e. The highest BCUT2D eigenvalue weighted by molar-refractivity contribution is 5.96. The van der Waals surface area contributed by atoms with Crippen LogP contribution in [-0.2, 0) is 60.9 Å². The molecule has 58 heavy (non-hydrogen) atoms. The van der Waals surface area contributed by atoms with Crippen molar-refractivity contribution in [3.05, 3.63) is 91.1 Å². The molecule has 5 aromatic heterocycles. The van der Waals surface area contributed by atoms with Crippen LogP contribution in [0.1, 0.15) is 42.3 Å². The zero-order valence-electron chi connectivity index (χ0n) is 31.6. The van der Waals surface area contributed by atoms with Gasteiger partial charge in [0.2, 0.25) is 29.5 Å². The first-order valence-electron chi connectivity index (χ1n) is 18.2. The van der Waals surface area contributed by atoms with Crippen molar-refractivity contribution in [2.24, 2.45) is 11.7 Å². The number of carboxylic acids is 1. The molecule has 23 heteroatoms. The smallest absolute Gasteiger partial charge is 0.326 e. The highest BCUT2D eigenvalue weighted by Gasteiger charge is 2.34. The van der Waals surface area contributed by atoms with Crippen molar-refractivity contribution in [1.82, 2.24) is 76.4 Å². The molecule has 5 rings (SSSR count). The fraction of sp³-hybridized carbons (Fsp3) is 0.400. The van der Waals surface area contributed by atoms with Gasteiger partial charge >= 0.3 is 5.97 Å². The maximum atomic E-state index is 14.2. The Kier molecular flexibility index (Phi) is 14.6. The quantitative estimate of drug-likeness (QED) is 0.0340. The van der Waals surface area contributed by atoms with Crippen LogP contribution in [0, 0.1) is 5.92 Å². The number of rotatable bonds is 22. The summed E-state index contributed by atoms with van der Waals surface area (Å²) in [6.45, 7) is 3.25. The van der Waals surface area contributed by atoms with Gasteiger partial charge in [-0.1, -0.05) is 13.8 Å². The molecule has 0 aliphatic rings. The van der Waals surface area contributed by atoms with Gasteiger partial charge in [0.15, 0.2) is 0 Å². The molecule has 5 heterocycles. The lowest BCUT2D eigenvalue weighted by molar-refractivity contribution is -0.143. The van der Waals surface area contributed by atoms with Crippen molar-refractivity contribution in [2.45, 2.75) is 82.2 Å². The molecule has 308 valence electrons. The molecular weight excluding hydrogens is 756 g/mol. The second-order valence-electron chi connectivity index (χ2n) is 13.8. The van der Waals surface area contributed by atoms with E-state index >= 15 is 0 Å². The van der Waals surface area contributed by atoms with Crippen LogP contribution >= 0.6 is 0 Å². The topological polar surface area (TPSA) is 352 Å². The SMILES string of the molecule is CC(C)[C@H](NC(=O)[C@H](Cc1cnc[nH]1)NC(=O)[C@H](Cc1cnc[nH]1)NC(=O)[C@H](Cc1cnc[nH]1)NC(=O)[C@H](Cc1cnc[nH]1)NC(=O)[C@@H](N)Cc1cnc[nH]1)C(=O)O. The van der Waals surface area contributed by atoms with Gasteiger partial charge in [0.1, 0.15) is 30.2 Å². The normalized spacial score (nSPS) is 14.3. The van der Waals surface area contributed by atoms with Gasteiger partial charge in [-0.3, -0.25) is 24.0 Å². The van der Waals surface area contributed by atoms with E-state index in [9.17, 15) is 33.9 Å². The number of amides is 5. The van der Waals surface area contributed by atoms with Crippen LogP contribution in [0.5, 0.6) is 0 Å². The van der Waals surface area contributed by atoms with Gasteiger partial charge in [0.05, 0.1) is 37.7 Å². The third kappa shape index (κ3) is 12.2. The van der Waals surface area contributed by atoms with Gasteiger partial charge in [0, 0.05) is 91.6 Å². The zero-order valence-corrected chi connectivity index (χ0v) is 31.6. The average molecular weight is 803 g/mol. The third-order valence-electron chi connectivity index (χ3n) is 9.01. The Balaban J connectivity index is 1.37. The number of carbonyl (C=O) groups is 6. The molecular formula is C35H46N16O7. The average Bonchev–Trinajstić information content (AvgIpc) is 4.03. The lowest BCUT2D eigenvalue weighted by atomic mass is 10.0. The van der Waals surface area contributed by atoms with Crippen LogP contribution in [0.3, 0.4) is 0 Å². The molecule has 0 saturated heterocycles. The number of hydrogen-bond acceptors (Lipinski definition) is 12. The number of carbonyl (C=O) groups excluding carboxylic acids is 5. The molecule has 0 aliphatic carbocycles. The summed E-state index contributed by atoms with van der Waals surface area (Å²) < 4.78 is 0. The molecule has 0 saturated carbocycles. The van der Waals surface area contributed by atoms with Crippen molar-refractivity contribution < 1.29 is 33.9 Å². The molecule has 5 amide bonds. The van der Waals surface area contributed by atoms with E-state index < -0.39 is 77.7 Å². The second-order valence-corrected chi connectivity index (χ2v) is 13.8. The van der Waals surface area contributed by atoms with Crippen LogP contribution < -0.4 is 32.3 Å². The minimum Gasteiger partial charge on any atom is -0.480 e. The molecule has 13 N–H and O–H groups in total. The van der Waals surface area contributed by atoms with Gasteiger partial charge in [-0.2, -0.15) is 0 Å². The summed E-state index contributed by atoms with van der Waals surface area (Å²) in [5.41, 5.74) is 8.64. The summed E-state index contributed by atoms with van der Waals surface area (Å²) in [4.78, 5) is 115. The van der Waals surface area contributed by atoms with Crippen molar-refractivity contribution in [1.29, 1.82) is 0 Å². The molecule has 0 unspecified atom stereocenters. The summed E-state index contributed by atoms with van der Waals surface area (Å²) in [7, 11) is 0. The maximum absolute atomic E-state index is 14.2. The number of aromatic amines is 5. The van der Waals surface area contributed by atoms with E-state index in [1.807, 2.05) is 0 Å². The van der Waals surface area contributed by atoms with Crippen LogP contribution in [-0.4, -0.2) is 127 Å². The van der Waals surface area contributed by atoms with Gasteiger partial charge in [-0.25, -0.2) is 29.7 Å². The summed E-state index contributed by atoms with van der Waals surface area (Å²) in [5.74, 6) is -5.52. The van der Waals surface area contributed by atoms with E-state index in [0.29, 0.717) is 28.5 Å². The molecule has 0 aliphatic heterocycles. The van der Waals surface area contributed by atoms with Gasteiger partial charge in [-0.05, 0) is 5.92 Å². The molecule has 23 nitrogen and oxygen atoms in total. The molecule has 6 atom stereocenters. The fourth-order valence-corrected chi connectivity index (χ4v) is 5.89. The Morgan fingerprint density at radius 3 is 1.03 bits per heavy atom. The highest BCUT2D eigenvalue weighted by Crippen LogP contribution is 2.09. The lowest BCUT2D eigenvalue weighted by Gasteiger charge is -2.27. The molecule has 0 aromatic carbocycles. The molecule has 0 radical (unpaired) electrons. The summed E-state index contributed by atoms with van der Waals surface area (Å²) >= 11 is 0. The number of hydrogen-bond donors (Lipinski definition) is 12. The van der Waals surface area contributed by atoms with E-state index in [-0.39, 0.29) is 32.1 Å². The van der Waals surface area contributed by atoms with Crippen molar-refractivity contribution in [2.75, 3.05) is 0 Å². The van der Waals surface area contributed by atoms with Crippen molar-refractivity contribution >= 4 is 35.5 Å². The molecule has 0 spiro atoms. The number of aliphatic carboxylic acids is 1. The first kappa shape index (κ1) is 42.0. The Morgan fingerprint density at radius 2 is 0.776 bits per heavy atom. The number of nitrogens with two attached hydrogens (primary N) is 1. The highest BCUT2D eigenvalue weighted by atomic mass is 16.4. The summed E-state index contributed by atoms with van der Waals surface area (Å²) in [6, 6.07) is -7.53. The minimum atomic E-state index is -1.35. The van der Waals surface area contributed by atoms with Crippen molar-refractivity contribution in [3.63, 3.8) is 0 Å². The predicted octanol–water partition coefficient (Wildman–Crippen LogP) is -2.69. The van der Waals surface area contributed by atoms with E-state index in [4.69, 9.17) is 5.73 Å². The molecule has 0 fully saturated rings. The van der Waals surface area contributed by atoms with Gasteiger partial charge in [-0.15, -0.1) is 0 Å². The number of carboxylic acid groups (broad SMARTS) is 1. The number of nitrogens with zero attached hydrogens (tertiary/aromatic N) is 5. The Labute approximate surface area is 330 Å². The van der Waals surface area contributed by atoms with Gasteiger partial charge in [0.25, 0.3) is 0 Å². The second kappa shape index (κ2) is 20.1. The van der Waals surface area contributed by atoms with Crippen LogP contribution in [0.2, 0.25) is 0 Å². The van der Waals surface area contributed by atoms with E-state index in [0.717, 1.165) is 0 Å². The van der Waals surface area contributed by atoms with E-state index in [1.165, 1.54) is 62.6 Å². The minimum absolute atomic E-state index is 0.0447. The molecule has 0 bridgehead atoms. The van der Waals surface area contributed by atoms with Crippen LogP contribution in [0.15, 0.2) is 62.6 Å². The first-order valence-corrected chi connectivity index (χ1v) is 18.2. The monoisotopic (exact) mass is 802 g/mol. The van der Waals surface area contributed by atoms with Gasteiger partial charge < -0.3 is 62.3 Å². The predicted molar refractivity (Wildman–Crippen MR) is 202 cm³/mol. The zero-order chi connectivity index (χ0) is 41.6. The van der Waals surface area contributed by atoms with Crippen molar-refractivity contribution in [3.8, 4) is 0 Å². The standard InChI is InChI=1S/C35H46N16O7/c1-18(2)29(35(57)58)51-34(56)28(7-23-12-41-17-46-23)50-33(55)27(6-22-11-40-16-45-22)49-32(54)26(5-21-10-39-15-44-21)48-31(53)25(4-20-9-38-14-43-20)47-30(52)24(36)3-19-8-37-13-42-19/h8-18,24-29H,3-7,36H2,1-2H3,(H,37,42)(H,38,43)(H,39,44)(H,40,45)(H,41,46)(H,47,52)(H,48,53)(H,49,54)(H,50,55)(H,51,56)(H,57,58)/t24-,25-,26-,27-,28-,29-/m0/s1. The van der Waals surface area contributed by atoms with Crippen LogP contribution in [0.25, 0.3) is 0 Å². The number of nitrogens with one attached hydrogen (secondary N) is 10. The van der Waals surface area contributed by atoms with Crippen LogP contribution in [0.4, 0.5) is 0 Å². The Hall–Kier alpha value is -7.17. The summed E-state index contributed by atoms with van der Waals surface area (Å²) in [5, 5.41) is 22.9. The Morgan fingerprint density at radius 1 is 0.500 bits per heavy atom. The fourth-order valence-electron chi connectivity index (χ4n) is 5.89.